The smallest absolute Gasteiger partial charge is 0.314 e. The summed E-state index contributed by atoms with van der Waals surface area (Å²) in [5.41, 5.74) is -0.883. The van der Waals surface area contributed by atoms with Gasteiger partial charge in [0, 0.05) is 13.1 Å². The van der Waals surface area contributed by atoms with Crippen LogP contribution in [-0.2, 0) is 9.53 Å². The molecule has 112 valence electrons. The fourth-order valence-corrected chi connectivity index (χ4v) is 1.65. The van der Waals surface area contributed by atoms with Crippen molar-refractivity contribution in [3.8, 4) is 0 Å². The summed E-state index contributed by atoms with van der Waals surface area (Å²) in [5.74, 6) is -0.874. The van der Waals surface area contributed by atoms with Gasteiger partial charge in [0.15, 0.2) is 0 Å². The van der Waals surface area contributed by atoms with Gasteiger partial charge in [0.25, 0.3) is 0 Å². The van der Waals surface area contributed by atoms with Crippen LogP contribution in [0.5, 0.6) is 0 Å². The second kappa shape index (κ2) is 8.74. The van der Waals surface area contributed by atoms with Gasteiger partial charge < -0.3 is 20.5 Å². The fourth-order valence-electron chi connectivity index (χ4n) is 1.65. The van der Waals surface area contributed by atoms with E-state index in [4.69, 9.17) is 4.74 Å². The maximum Gasteiger partial charge on any atom is 0.314 e. The molecule has 0 radical (unpaired) electrons. The SMILES string of the molecule is CCC(CC)(CNC(=O)NCCOC(C)C)C(=O)O. The lowest BCUT2D eigenvalue weighted by molar-refractivity contribution is -0.149. The van der Waals surface area contributed by atoms with Gasteiger partial charge in [0.1, 0.15) is 0 Å². The van der Waals surface area contributed by atoms with Crippen molar-refractivity contribution >= 4 is 12.0 Å². The van der Waals surface area contributed by atoms with Gasteiger partial charge in [0.05, 0.1) is 18.1 Å². The lowest BCUT2D eigenvalue weighted by atomic mass is 9.82. The first kappa shape index (κ1) is 17.7. The number of hydrogen-bond donors (Lipinski definition) is 3. The summed E-state index contributed by atoms with van der Waals surface area (Å²) < 4.78 is 5.28. The van der Waals surface area contributed by atoms with Gasteiger partial charge in [0.2, 0.25) is 0 Å². The molecule has 2 amide bonds. The third-order valence-electron chi connectivity index (χ3n) is 3.23. The monoisotopic (exact) mass is 274 g/mol. The van der Waals surface area contributed by atoms with Crippen molar-refractivity contribution in [2.75, 3.05) is 19.7 Å². The number of ether oxygens (including phenoxy) is 1. The van der Waals surface area contributed by atoms with Gasteiger partial charge in [-0.3, -0.25) is 4.79 Å². The highest BCUT2D eigenvalue weighted by Crippen LogP contribution is 2.25. The van der Waals surface area contributed by atoms with Crippen molar-refractivity contribution in [2.24, 2.45) is 5.41 Å². The molecule has 19 heavy (non-hydrogen) atoms. The topological polar surface area (TPSA) is 87.7 Å². The Kier molecular flexibility index (Phi) is 8.14. The number of aliphatic carboxylic acids is 1. The Labute approximate surface area is 114 Å². The maximum atomic E-state index is 11.5. The molecular weight excluding hydrogens is 248 g/mol. The first-order valence-electron chi connectivity index (χ1n) is 6.74. The average Bonchev–Trinajstić information content (AvgIpc) is 2.36. The number of rotatable bonds is 9. The molecule has 0 aromatic rings. The Balaban J connectivity index is 4.03. The lowest BCUT2D eigenvalue weighted by Gasteiger charge is -2.26. The van der Waals surface area contributed by atoms with E-state index in [0.29, 0.717) is 26.0 Å². The van der Waals surface area contributed by atoms with E-state index in [1.807, 2.05) is 27.7 Å². The molecule has 6 heteroatoms. The first-order chi connectivity index (χ1) is 8.88. The molecule has 0 spiro atoms. The lowest BCUT2D eigenvalue weighted by Crippen LogP contribution is -2.46. The Morgan fingerprint density at radius 3 is 2.21 bits per heavy atom. The zero-order valence-electron chi connectivity index (χ0n) is 12.3. The number of carbonyl (C=O) groups is 2. The minimum absolute atomic E-state index is 0.129. The van der Waals surface area contributed by atoms with Gasteiger partial charge in [-0.25, -0.2) is 4.79 Å². The molecule has 0 aromatic carbocycles. The van der Waals surface area contributed by atoms with E-state index in [2.05, 4.69) is 10.6 Å². The summed E-state index contributed by atoms with van der Waals surface area (Å²) >= 11 is 0. The maximum absolute atomic E-state index is 11.5. The number of nitrogens with one attached hydrogen (secondary N) is 2. The van der Waals surface area contributed by atoms with Crippen LogP contribution in [0.3, 0.4) is 0 Å². The Morgan fingerprint density at radius 2 is 1.79 bits per heavy atom. The predicted molar refractivity (Wildman–Crippen MR) is 73.1 cm³/mol. The third kappa shape index (κ3) is 6.42. The van der Waals surface area contributed by atoms with E-state index in [1.54, 1.807) is 0 Å². The van der Waals surface area contributed by atoms with Crippen molar-refractivity contribution in [1.29, 1.82) is 0 Å². The number of hydrogen-bond acceptors (Lipinski definition) is 3. The second-order valence-electron chi connectivity index (χ2n) is 4.82. The van der Waals surface area contributed by atoms with Gasteiger partial charge >= 0.3 is 12.0 Å². The molecule has 0 heterocycles. The van der Waals surface area contributed by atoms with Crippen LogP contribution in [0.4, 0.5) is 4.79 Å². The number of carbonyl (C=O) groups excluding carboxylic acids is 1. The van der Waals surface area contributed by atoms with Gasteiger partial charge in [-0.15, -0.1) is 0 Å². The van der Waals surface area contributed by atoms with E-state index in [9.17, 15) is 14.7 Å². The summed E-state index contributed by atoms with van der Waals surface area (Å²) in [6.45, 7) is 8.44. The summed E-state index contributed by atoms with van der Waals surface area (Å²) in [6, 6.07) is -0.361. The molecule has 0 bridgehead atoms. The van der Waals surface area contributed by atoms with Crippen molar-refractivity contribution in [3.63, 3.8) is 0 Å². The van der Waals surface area contributed by atoms with Crippen molar-refractivity contribution in [2.45, 2.75) is 46.6 Å². The Morgan fingerprint density at radius 1 is 1.21 bits per heavy atom. The fraction of sp³-hybridized carbons (Fsp3) is 0.846. The molecule has 0 saturated carbocycles. The molecule has 0 aromatic heterocycles. The van der Waals surface area contributed by atoms with E-state index in [1.165, 1.54) is 0 Å². The van der Waals surface area contributed by atoms with Gasteiger partial charge in [-0.05, 0) is 26.7 Å². The van der Waals surface area contributed by atoms with Crippen LogP contribution < -0.4 is 10.6 Å². The highest BCUT2D eigenvalue weighted by atomic mass is 16.5. The van der Waals surface area contributed by atoms with Crippen molar-refractivity contribution in [1.82, 2.24) is 10.6 Å². The van der Waals surface area contributed by atoms with Crippen LogP contribution in [0, 0.1) is 5.41 Å². The number of urea groups is 1. The molecule has 0 rings (SSSR count). The Bertz CT molecular complexity index is 288. The summed E-state index contributed by atoms with van der Waals surface area (Å²) in [5, 5.41) is 14.5. The average molecular weight is 274 g/mol. The molecule has 0 fully saturated rings. The van der Waals surface area contributed by atoms with Crippen LogP contribution in [0.1, 0.15) is 40.5 Å². The van der Waals surface area contributed by atoms with Crippen LogP contribution in [0.15, 0.2) is 0 Å². The molecule has 0 aliphatic rings. The molecule has 0 unspecified atom stereocenters. The van der Waals surface area contributed by atoms with E-state index >= 15 is 0 Å². The Hall–Kier alpha value is -1.30. The van der Waals surface area contributed by atoms with Crippen LogP contribution in [0.25, 0.3) is 0 Å². The first-order valence-corrected chi connectivity index (χ1v) is 6.74. The van der Waals surface area contributed by atoms with E-state index in [-0.39, 0.29) is 18.7 Å². The quantitative estimate of drug-likeness (QED) is 0.557. The third-order valence-corrected chi connectivity index (χ3v) is 3.23. The zero-order chi connectivity index (χ0) is 14.9. The summed E-state index contributed by atoms with van der Waals surface area (Å²) in [6.07, 6.45) is 1.09. The minimum atomic E-state index is -0.883. The summed E-state index contributed by atoms with van der Waals surface area (Å²) in [4.78, 5) is 22.8. The molecule has 0 saturated heterocycles. The van der Waals surface area contributed by atoms with Crippen LogP contribution in [-0.4, -0.2) is 42.9 Å². The molecule has 0 aliphatic heterocycles. The van der Waals surface area contributed by atoms with Gasteiger partial charge in [-0.2, -0.15) is 0 Å². The predicted octanol–water partition coefficient (Wildman–Crippen LogP) is 1.60. The highest BCUT2D eigenvalue weighted by Gasteiger charge is 2.35. The largest absolute Gasteiger partial charge is 0.481 e. The minimum Gasteiger partial charge on any atom is -0.481 e. The number of carboxylic acid groups (broad SMARTS) is 1. The normalized spacial score (nSPS) is 11.4. The molecule has 3 N–H and O–H groups in total. The number of amides is 2. The van der Waals surface area contributed by atoms with Crippen molar-refractivity contribution in [3.05, 3.63) is 0 Å². The molecule has 0 aliphatic carbocycles. The van der Waals surface area contributed by atoms with E-state index < -0.39 is 11.4 Å². The van der Waals surface area contributed by atoms with Crippen LogP contribution in [0.2, 0.25) is 0 Å². The van der Waals surface area contributed by atoms with Crippen molar-refractivity contribution < 1.29 is 19.4 Å². The standard InChI is InChI=1S/C13H26N2O4/c1-5-13(6-2,11(16)17)9-15-12(18)14-7-8-19-10(3)4/h10H,5-9H2,1-4H3,(H,16,17)(H2,14,15,18). The molecule has 6 nitrogen and oxygen atoms in total. The second-order valence-corrected chi connectivity index (χ2v) is 4.82. The highest BCUT2D eigenvalue weighted by molar-refractivity contribution is 5.78. The summed E-state index contributed by atoms with van der Waals surface area (Å²) in [7, 11) is 0. The number of carboxylic acids is 1. The van der Waals surface area contributed by atoms with Crippen LogP contribution >= 0.6 is 0 Å². The molecule has 0 atom stereocenters. The van der Waals surface area contributed by atoms with Gasteiger partial charge in [-0.1, -0.05) is 13.8 Å². The molecular formula is C13H26N2O4. The zero-order valence-corrected chi connectivity index (χ0v) is 12.3. The van der Waals surface area contributed by atoms with E-state index in [0.717, 1.165) is 0 Å².